The van der Waals surface area contributed by atoms with Crippen molar-refractivity contribution in [1.82, 2.24) is 15.1 Å². The third-order valence-corrected chi connectivity index (χ3v) is 7.01. The Balaban J connectivity index is 1.59. The third kappa shape index (κ3) is 5.85. The zero-order valence-electron chi connectivity index (χ0n) is 17.8. The van der Waals surface area contributed by atoms with Crippen molar-refractivity contribution in [1.29, 1.82) is 0 Å². The first kappa shape index (κ1) is 24.6. The predicted octanol–water partition coefficient (Wildman–Crippen LogP) is 4.49. The van der Waals surface area contributed by atoms with Gasteiger partial charge in [0.25, 0.3) is 17.1 Å². The molecule has 0 bridgehead atoms. The molecule has 2 fully saturated rings. The molecule has 1 aromatic rings. The number of likely N-dealkylation sites (tertiary alicyclic amines) is 1. The van der Waals surface area contributed by atoms with Gasteiger partial charge in [-0.2, -0.15) is 0 Å². The van der Waals surface area contributed by atoms with E-state index in [0.717, 1.165) is 41.5 Å². The van der Waals surface area contributed by atoms with Crippen molar-refractivity contribution in [3.8, 4) is 0 Å². The van der Waals surface area contributed by atoms with Gasteiger partial charge in [0.15, 0.2) is 0 Å². The van der Waals surface area contributed by atoms with Crippen LogP contribution >= 0.6 is 35.0 Å². The molecule has 3 rings (SSSR count). The van der Waals surface area contributed by atoms with E-state index in [9.17, 15) is 19.2 Å². The van der Waals surface area contributed by atoms with Crippen molar-refractivity contribution in [3.05, 3.63) is 44.3 Å². The van der Waals surface area contributed by atoms with Gasteiger partial charge in [-0.25, -0.2) is 0 Å². The third-order valence-electron chi connectivity index (χ3n) is 5.39. The van der Waals surface area contributed by atoms with Crippen molar-refractivity contribution in [3.63, 3.8) is 0 Å². The number of hydrogen-bond donors (Lipinski definition) is 1. The summed E-state index contributed by atoms with van der Waals surface area (Å²) in [6.45, 7) is 3.14. The molecule has 7 nitrogen and oxygen atoms in total. The van der Waals surface area contributed by atoms with E-state index in [0.29, 0.717) is 53.0 Å². The van der Waals surface area contributed by atoms with Gasteiger partial charge in [-0.15, -0.1) is 0 Å². The Morgan fingerprint density at radius 1 is 1.12 bits per heavy atom. The fourth-order valence-electron chi connectivity index (χ4n) is 3.59. The number of rotatable bonds is 7. The fourth-order valence-corrected chi connectivity index (χ4v) is 4.94. The van der Waals surface area contributed by atoms with Gasteiger partial charge in [0.05, 0.1) is 15.5 Å². The molecule has 0 unspecified atom stereocenters. The van der Waals surface area contributed by atoms with E-state index in [1.54, 1.807) is 23.1 Å². The van der Waals surface area contributed by atoms with Crippen LogP contribution in [-0.2, 0) is 9.59 Å². The number of amides is 4. The molecule has 4 amide bonds. The van der Waals surface area contributed by atoms with Crippen molar-refractivity contribution in [2.45, 2.75) is 39.0 Å². The Hall–Kier alpha value is -2.03. The first-order valence-electron chi connectivity index (χ1n) is 10.6. The maximum atomic E-state index is 12.8. The number of hydrogen-bond acceptors (Lipinski definition) is 5. The van der Waals surface area contributed by atoms with E-state index in [4.69, 9.17) is 23.2 Å². The molecule has 0 aliphatic carbocycles. The maximum Gasteiger partial charge on any atom is 0.294 e. The van der Waals surface area contributed by atoms with Crippen LogP contribution in [0.25, 0.3) is 0 Å². The first-order chi connectivity index (χ1) is 15.3. The lowest BCUT2D eigenvalue weighted by Gasteiger charge is -2.29. The highest BCUT2D eigenvalue weighted by molar-refractivity contribution is 8.18. The van der Waals surface area contributed by atoms with Gasteiger partial charge in [0, 0.05) is 24.7 Å². The van der Waals surface area contributed by atoms with Crippen LogP contribution < -0.4 is 5.32 Å². The lowest BCUT2D eigenvalue weighted by Crippen LogP contribution is -2.40. The Bertz CT molecular complexity index is 956. The number of piperidine rings is 1. The minimum absolute atomic E-state index is 0.218. The van der Waals surface area contributed by atoms with E-state index in [1.165, 1.54) is 0 Å². The zero-order chi connectivity index (χ0) is 23.3. The molecule has 32 heavy (non-hydrogen) atoms. The number of carbonyl (C=O) groups is 4. The summed E-state index contributed by atoms with van der Waals surface area (Å²) < 4.78 is 0. The molecular formula is C22H25Cl2N3O4S. The van der Waals surface area contributed by atoms with Gasteiger partial charge in [0.2, 0.25) is 5.91 Å². The first-order valence-corrected chi connectivity index (χ1v) is 12.2. The molecule has 2 saturated heterocycles. The fraction of sp³-hybridized carbons (Fsp3) is 0.455. The molecular weight excluding hydrogens is 473 g/mol. The quantitative estimate of drug-likeness (QED) is 0.443. The highest BCUT2D eigenvalue weighted by atomic mass is 35.5. The molecule has 1 aromatic carbocycles. The predicted molar refractivity (Wildman–Crippen MR) is 126 cm³/mol. The number of halogens is 2. The molecule has 2 aliphatic rings. The lowest BCUT2D eigenvalue weighted by molar-refractivity contribution is -0.129. The smallest absolute Gasteiger partial charge is 0.294 e. The van der Waals surface area contributed by atoms with Crippen LogP contribution in [0.5, 0.6) is 0 Å². The van der Waals surface area contributed by atoms with E-state index in [-0.39, 0.29) is 18.4 Å². The minimum Gasteiger partial charge on any atom is -0.355 e. The summed E-state index contributed by atoms with van der Waals surface area (Å²) in [6, 6.07) is 4.75. The average molecular weight is 498 g/mol. The number of nitrogens with zero attached hydrogens (tertiary/aromatic N) is 2. The number of thioether (sulfide) groups is 1. The van der Waals surface area contributed by atoms with Crippen LogP contribution in [0.15, 0.2) is 28.7 Å². The SMILES string of the molecule is CCCCCNC(=O)CN1C(=O)SC(=C2CCN(C(=O)c3cc(Cl)ccc3Cl)CC2)C1=O. The van der Waals surface area contributed by atoms with Crippen LogP contribution in [0.3, 0.4) is 0 Å². The lowest BCUT2D eigenvalue weighted by atomic mass is 10.0. The molecule has 2 aliphatic heterocycles. The van der Waals surface area contributed by atoms with Gasteiger partial charge in [-0.3, -0.25) is 24.1 Å². The second-order valence-electron chi connectivity index (χ2n) is 7.67. The number of benzene rings is 1. The molecule has 0 atom stereocenters. The molecule has 0 saturated carbocycles. The standard InChI is InChI=1S/C22H25Cl2N3O4S/c1-2-3-4-9-25-18(28)13-27-21(30)19(32-22(27)31)14-7-10-26(11-8-14)20(29)16-12-15(23)5-6-17(16)24/h5-6,12H,2-4,7-11,13H2,1H3,(H,25,28). The van der Waals surface area contributed by atoms with Crippen LogP contribution in [0.2, 0.25) is 10.0 Å². The van der Waals surface area contributed by atoms with E-state index < -0.39 is 11.1 Å². The van der Waals surface area contributed by atoms with Gasteiger partial charge in [-0.05, 0) is 54.8 Å². The number of carbonyl (C=O) groups excluding carboxylic acids is 4. The maximum absolute atomic E-state index is 12.8. The highest BCUT2D eigenvalue weighted by Gasteiger charge is 2.38. The van der Waals surface area contributed by atoms with Gasteiger partial charge in [-0.1, -0.05) is 43.0 Å². The Kier molecular flexibility index (Phi) is 8.62. The second-order valence-corrected chi connectivity index (χ2v) is 9.47. The summed E-state index contributed by atoms with van der Waals surface area (Å²) in [5.41, 5.74) is 1.17. The van der Waals surface area contributed by atoms with Crippen molar-refractivity contribution >= 4 is 57.9 Å². The Morgan fingerprint density at radius 3 is 2.53 bits per heavy atom. The monoisotopic (exact) mass is 497 g/mol. The largest absolute Gasteiger partial charge is 0.355 e. The van der Waals surface area contributed by atoms with Gasteiger partial charge >= 0.3 is 0 Å². The zero-order valence-corrected chi connectivity index (χ0v) is 20.1. The van der Waals surface area contributed by atoms with Crippen LogP contribution in [0.4, 0.5) is 4.79 Å². The summed E-state index contributed by atoms with van der Waals surface area (Å²) in [6.07, 6.45) is 3.87. The number of unbranched alkanes of at least 4 members (excludes halogenated alkanes) is 2. The summed E-state index contributed by atoms with van der Waals surface area (Å²) in [7, 11) is 0. The molecule has 0 spiro atoms. The van der Waals surface area contributed by atoms with Crippen molar-refractivity contribution in [2.75, 3.05) is 26.2 Å². The molecule has 0 aromatic heterocycles. The van der Waals surface area contributed by atoms with E-state index in [2.05, 4.69) is 12.2 Å². The Morgan fingerprint density at radius 2 is 1.84 bits per heavy atom. The normalized spacial score (nSPS) is 16.7. The molecule has 1 N–H and O–H groups in total. The number of imide groups is 1. The van der Waals surface area contributed by atoms with Crippen molar-refractivity contribution < 1.29 is 19.2 Å². The van der Waals surface area contributed by atoms with Crippen LogP contribution in [0.1, 0.15) is 49.4 Å². The Labute approximate surface area is 201 Å². The second kappa shape index (κ2) is 11.2. The summed E-state index contributed by atoms with van der Waals surface area (Å²) in [5, 5.41) is 3.07. The average Bonchev–Trinajstić information content (AvgIpc) is 3.06. The topological polar surface area (TPSA) is 86.8 Å². The van der Waals surface area contributed by atoms with Crippen molar-refractivity contribution in [2.24, 2.45) is 0 Å². The summed E-state index contributed by atoms with van der Waals surface area (Å²) >= 11 is 13.0. The highest BCUT2D eigenvalue weighted by Crippen LogP contribution is 2.36. The summed E-state index contributed by atoms with van der Waals surface area (Å²) in [4.78, 5) is 53.0. The summed E-state index contributed by atoms with van der Waals surface area (Å²) in [5.74, 6) is -0.991. The van der Waals surface area contributed by atoms with Crippen LogP contribution in [0, 0.1) is 0 Å². The molecule has 172 valence electrons. The number of nitrogens with one attached hydrogen (secondary N) is 1. The molecule has 0 radical (unpaired) electrons. The van der Waals surface area contributed by atoms with E-state index in [1.807, 2.05) is 0 Å². The molecule has 10 heteroatoms. The van der Waals surface area contributed by atoms with Gasteiger partial charge < -0.3 is 10.2 Å². The molecule has 2 heterocycles. The van der Waals surface area contributed by atoms with Crippen LogP contribution in [-0.4, -0.2) is 58.9 Å². The minimum atomic E-state index is -0.439. The van der Waals surface area contributed by atoms with Gasteiger partial charge in [0.1, 0.15) is 6.54 Å². The van der Waals surface area contributed by atoms with E-state index >= 15 is 0 Å².